The van der Waals surface area contributed by atoms with E-state index in [1.165, 1.54) is 12.1 Å². The van der Waals surface area contributed by atoms with E-state index in [0.717, 1.165) is 11.6 Å². The van der Waals surface area contributed by atoms with Gasteiger partial charge in [0.05, 0.1) is 0 Å². The summed E-state index contributed by atoms with van der Waals surface area (Å²) in [6.07, 6.45) is 0.769. The summed E-state index contributed by atoms with van der Waals surface area (Å²) in [4.78, 5) is 0. The van der Waals surface area contributed by atoms with E-state index in [0.29, 0.717) is 28.5 Å². The molecule has 0 fully saturated rings. The molecule has 0 aliphatic rings. The van der Waals surface area contributed by atoms with Crippen LogP contribution in [-0.4, -0.2) is 6.04 Å². The second-order valence-corrected chi connectivity index (χ2v) is 5.48. The smallest absolute Gasteiger partial charge is 0.129 e. The Morgan fingerprint density at radius 3 is 2.35 bits per heavy atom. The molecule has 0 heterocycles. The Morgan fingerprint density at radius 1 is 0.950 bits per heavy atom. The van der Waals surface area contributed by atoms with Gasteiger partial charge in [0.2, 0.25) is 0 Å². The van der Waals surface area contributed by atoms with Crippen LogP contribution in [0.4, 0.5) is 8.78 Å². The highest BCUT2D eigenvalue weighted by Gasteiger charge is 2.12. The minimum Gasteiger partial charge on any atom is -0.327 e. The molecule has 0 amide bonds. The van der Waals surface area contributed by atoms with Crippen LogP contribution in [-0.2, 0) is 12.8 Å². The number of benzene rings is 2. The zero-order chi connectivity index (χ0) is 14.7. The molecule has 2 aromatic rings. The molecule has 0 aromatic heterocycles. The lowest BCUT2D eigenvalue weighted by molar-refractivity contribution is 0.558. The minimum atomic E-state index is -0.599. The molecule has 0 saturated carbocycles. The number of halogens is 4. The van der Waals surface area contributed by atoms with Crippen molar-refractivity contribution in [1.82, 2.24) is 0 Å². The molecule has 20 heavy (non-hydrogen) atoms. The van der Waals surface area contributed by atoms with Crippen molar-refractivity contribution >= 4 is 23.2 Å². The van der Waals surface area contributed by atoms with Gasteiger partial charge in [0.25, 0.3) is 0 Å². The van der Waals surface area contributed by atoms with E-state index in [2.05, 4.69) is 0 Å². The van der Waals surface area contributed by atoms with E-state index in [1.807, 2.05) is 0 Å². The lowest BCUT2D eigenvalue weighted by Gasteiger charge is -2.13. The fourth-order valence-electron chi connectivity index (χ4n) is 2.02. The van der Waals surface area contributed by atoms with Crippen molar-refractivity contribution in [1.29, 1.82) is 0 Å². The Balaban J connectivity index is 2.08. The van der Waals surface area contributed by atoms with Crippen LogP contribution in [0.15, 0.2) is 36.4 Å². The molecule has 0 radical (unpaired) electrons. The maximum absolute atomic E-state index is 13.6. The molecular weight excluding hydrogens is 303 g/mol. The van der Waals surface area contributed by atoms with Gasteiger partial charge in [0, 0.05) is 22.2 Å². The van der Waals surface area contributed by atoms with Crippen molar-refractivity contribution in [3.8, 4) is 0 Å². The molecule has 106 valence electrons. The van der Waals surface area contributed by atoms with Gasteiger partial charge in [-0.15, -0.1) is 0 Å². The SMILES string of the molecule is NC(Cc1ccc(F)cc1F)Cc1cc(Cl)ccc1Cl. The standard InChI is InChI=1S/C15H13Cl2F2N/c16-11-2-4-14(17)10(5-11)7-13(20)6-9-1-3-12(18)8-15(9)19/h1-5,8,13H,6-7,20H2. The second kappa shape index (κ2) is 6.53. The van der Waals surface area contributed by atoms with Crippen LogP contribution in [0.25, 0.3) is 0 Å². The van der Waals surface area contributed by atoms with E-state index >= 15 is 0 Å². The van der Waals surface area contributed by atoms with Crippen molar-refractivity contribution in [2.45, 2.75) is 18.9 Å². The van der Waals surface area contributed by atoms with Crippen LogP contribution >= 0.6 is 23.2 Å². The molecule has 2 N–H and O–H groups in total. The Morgan fingerprint density at radius 2 is 1.65 bits per heavy atom. The first-order valence-corrected chi connectivity index (χ1v) is 6.84. The lowest BCUT2D eigenvalue weighted by Crippen LogP contribution is -2.26. The maximum atomic E-state index is 13.6. The van der Waals surface area contributed by atoms with Crippen molar-refractivity contribution in [2.24, 2.45) is 5.73 Å². The van der Waals surface area contributed by atoms with Gasteiger partial charge in [-0.3, -0.25) is 0 Å². The van der Waals surface area contributed by atoms with E-state index in [4.69, 9.17) is 28.9 Å². The Hall–Kier alpha value is -1.16. The Kier molecular flexibility index (Phi) is 4.97. The fraction of sp³-hybridized carbons (Fsp3) is 0.200. The summed E-state index contributed by atoms with van der Waals surface area (Å²) in [6.45, 7) is 0. The van der Waals surface area contributed by atoms with Crippen molar-refractivity contribution in [3.63, 3.8) is 0 Å². The molecule has 1 unspecified atom stereocenters. The summed E-state index contributed by atoms with van der Waals surface area (Å²) in [7, 11) is 0. The Bertz CT molecular complexity index is 617. The van der Waals surface area contributed by atoms with Gasteiger partial charge in [-0.25, -0.2) is 8.78 Å². The van der Waals surface area contributed by atoms with Crippen LogP contribution in [0.5, 0.6) is 0 Å². The van der Waals surface area contributed by atoms with Crippen molar-refractivity contribution in [3.05, 3.63) is 69.2 Å². The molecule has 0 bridgehead atoms. The predicted octanol–water partition coefficient (Wildman–Crippen LogP) is 4.38. The molecule has 1 nitrogen and oxygen atoms in total. The lowest BCUT2D eigenvalue weighted by atomic mass is 9.99. The highest BCUT2D eigenvalue weighted by Crippen LogP contribution is 2.22. The summed E-state index contributed by atoms with van der Waals surface area (Å²) in [6, 6.07) is 8.29. The molecule has 2 rings (SSSR count). The van der Waals surface area contributed by atoms with Crippen molar-refractivity contribution < 1.29 is 8.78 Å². The molecule has 0 aliphatic carbocycles. The van der Waals surface area contributed by atoms with Gasteiger partial charge in [-0.2, -0.15) is 0 Å². The monoisotopic (exact) mass is 315 g/mol. The average molecular weight is 316 g/mol. The van der Waals surface area contributed by atoms with Crippen LogP contribution < -0.4 is 5.73 Å². The number of rotatable bonds is 4. The van der Waals surface area contributed by atoms with Gasteiger partial charge in [0.15, 0.2) is 0 Å². The highest BCUT2D eigenvalue weighted by atomic mass is 35.5. The highest BCUT2D eigenvalue weighted by molar-refractivity contribution is 6.33. The molecule has 5 heteroatoms. The summed E-state index contributed by atoms with van der Waals surface area (Å²) < 4.78 is 26.4. The van der Waals surface area contributed by atoms with E-state index in [-0.39, 0.29) is 6.04 Å². The first-order valence-electron chi connectivity index (χ1n) is 6.09. The molecule has 0 saturated heterocycles. The first-order chi connectivity index (χ1) is 9.45. The molecular formula is C15H13Cl2F2N. The first kappa shape index (κ1) is 15.2. The zero-order valence-corrected chi connectivity index (χ0v) is 12.1. The molecule has 2 aromatic carbocycles. The second-order valence-electron chi connectivity index (χ2n) is 4.64. The van der Waals surface area contributed by atoms with E-state index < -0.39 is 11.6 Å². The summed E-state index contributed by atoms with van der Waals surface area (Å²) >= 11 is 12.0. The predicted molar refractivity (Wildman–Crippen MR) is 78.2 cm³/mol. The maximum Gasteiger partial charge on any atom is 0.129 e. The number of hydrogen-bond donors (Lipinski definition) is 1. The fourth-order valence-corrected chi connectivity index (χ4v) is 2.41. The normalized spacial score (nSPS) is 12.4. The van der Waals surface area contributed by atoms with E-state index in [9.17, 15) is 8.78 Å². The van der Waals surface area contributed by atoms with Gasteiger partial charge < -0.3 is 5.73 Å². The van der Waals surface area contributed by atoms with Gasteiger partial charge in [-0.1, -0.05) is 29.3 Å². The third-order valence-corrected chi connectivity index (χ3v) is 3.59. The van der Waals surface area contributed by atoms with Crippen LogP contribution in [0, 0.1) is 11.6 Å². The summed E-state index contributed by atoms with van der Waals surface area (Å²) in [5.41, 5.74) is 7.20. The quantitative estimate of drug-likeness (QED) is 0.890. The zero-order valence-electron chi connectivity index (χ0n) is 10.5. The van der Waals surface area contributed by atoms with Gasteiger partial charge >= 0.3 is 0 Å². The van der Waals surface area contributed by atoms with Gasteiger partial charge in [-0.05, 0) is 48.2 Å². The van der Waals surface area contributed by atoms with Crippen LogP contribution in [0.3, 0.4) is 0 Å². The Labute approximate surface area is 126 Å². The number of nitrogens with two attached hydrogens (primary N) is 1. The minimum absolute atomic E-state index is 0.301. The summed E-state index contributed by atoms with van der Waals surface area (Å²) in [5.74, 6) is -1.18. The van der Waals surface area contributed by atoms with Crippen molar-refractivity contribution in [2.75, 3.05) is 0 Å². The third-order valence-electron chi connectivity index (χ3n) is 2.99. The molecule has 0 spiro atoms. The van der Waals surface area contributed by atoms with Crippen LogP contribution in [0.2, 0.25) is 10.0 Å². The molecule has 1 atom stereocenters. The van der Waals surface area contributed by atoms with E-state index in [1.54, 1.807) is 18.2 Å². The topological polar surface area (TPSA) is 26.0 Å². The van der Waals surface area contributed by atoms with Gasteiger partial charge in [0.1, 0.15) is 11.6 Å². The average Bonchev–Trinajstić information content (AvgIpc) is 2.37. The number of hydrogen-bond acceptors (Lipinski definition) is 1. The summed E-state index contributed by atoms with van der Waals surface area (Å²) in [5, 5.41) is 1.15. The largest absolute Gasteiger partial charge is 0.327 e. The molecule has 0 aliphatic heterocycles. The van der Waals surface area contributed by atoms with Crippen LogP contribution in [0.1, 0.15) is 11.1 Å². The third kappa shape index (κ3) is 3.92.